The molecule has 3 N–H and O–H groups in total. The Morgan fingerprint density at radius 3 is 2.39 bits per heavy atom. The predicted molar refractivity (Wildman–Crippen MR) is 72.2 cm³/mol. The van der Waals surface area contributed by atoms with Gasteiger partial charge in [-0.2, -0.15) is 5.10 Å². The fourth-order valence-corrected chi connectivity index (χ4v) is 2.10. The number of hydrogen-bond donors (Lipinski definition) is 2. The van der Waals surface area contributed by atoms with E-state index >= 15 is 0 Å². The molecular weight excluding hydrogens is 226 g/mol. The van der Waals surface area contributed by atoms with E-state index in [1.165, 1.54) is 0 Å². The summed E-state index contributed by atoms with van der Waals surface area (Å²) in [5.74, 6) is 0.758. The van der Waals surface area contributed by atoms with Gasteiger partial charge in [-0.1, -0.05) is 24.3 Å². The van der Waals surface area contributed by atoms with Crippen LogP contribution in [0.4, 0.5) is 5.82 Å². The summed E-state index contributed by atoms with van der Waals surface area (Å²) in [7, 11) is 1.77. The lowest BCUT2D eigenvalue weighted by atomic mass is 10.0. The molecule has 0 atom stereocenters. The van der Waals surface area contributed by atoms with Crippen LogP contribution >= 0.6 is 0 Å². The van der Waals surface area contributed by atoms with Crippen LogP contribution in [-0.4, -0.2) is 14.9 Å². The zero-order valence-corrected chi connectivity index (χ0v) is 9.96. The van der Waals surface area contributed by atoms with Crippen molar-refractivity contribution in [2.75, 3.05) is 5.73 Å². The molecule has 0 unspecified atom stereocenters. The van der Waals surface area contributed by atoms with Crippen molar-refractivity contribution in [2.24, 2.45) is 7.05 Å². The molecule has 3 rings (SSSR count). The fourth-order valence-electron chi connectivity index (χ4n) is 2.10. The van der Waals surface area contributed by atoms with Crippen LogP contribution in [0.25, 0.3) is 21.9 Å². The van der Waals surface area contributed by atoms with Gasteiger partial charge in [-0.3, -0.25) is 4.68 Å². The molecule has 4 heteroatoms. The Hall–Kier alpha value is -2.49. The van der Waals surface area contributed by atoms with Crippen molar-refractivity contribution in [3.8, 4) is 16.9 Å². The Morgan fingerprint density at radius 2 is 1.78 bits per heavy atom. The van der Waals surface area contributed by atoms with Crippen molar-refractivity contribution in [1.82, 2.24) is 9.78 Å². The summed E-state index contributed by atoms with van der Waals surface area (Å²) in [6, 6.07) is 11.6. The van der Waals surface area contributed by atoms with Gasteiger partial charge in [0.1, 0.15) is 11.6 Å². The van der Waals surface area contributed by atoms with E-state index in [4.69, 9.17) is 5.73 Å². The fraction of sp³-hybridized carbons (Fsp3) is 0.0714. The number of anilines is 1. The molecule has 0 aliphatic heterocycles. The van der Waals surface area contributed by atoms with Gasteiger partial charge in [0.15, 0.2) is 0 Å². The van der Waals surface area contributed by atoms with Gasteiger partial charge in [-0.05, 0) is 22.9 Å². The van der Waals surface area contributed by atoms with Gasteiger partial charge in [-0.15, -0.1) is 0 Å². The molecule has 3 aromatic rings. The first-order valence-electron chi connectivity index (χ1n) is 5.66. The lowest BCUT2D eigenvalue weighted by Crippen LogP contribution is -1.98. The molecule has 18 heavy (non-hydrogen) atoms. The molecule has 0 spiro atoms. The minimum Gasteiger partial charge on any atom is -0.507 e. The van der Waals surface area contributed by atoms with E-state index in [0.29, 0.717) is 11.4 Å². The number of rotatable bonds is 1. The van der Waals surface area contributed by atoms with Gasteiger partial charge in [0.25, 0.3) is 0 Å². The minimum atomic E-state index is 0.216. The van der Waals surface area contributed by atoms with E-state index in [0.717, 1.165) is 16.3 Å². The molecule has 0 aliphatic carbocycles. The van der Waals surface area contributed by atoms with Crippen molar-refractivity contribution in [1.29, 1.82) is 0 Å². The monoisotopic (exact) mass is 239 g/mol. The SMILES string of the molecule is Cn1ncc(-c2cc3ccccc3cc2O)c1N. The largest absolute Gasteiger partial charge is 0.507 e. The lowest BCUT2D eigenvalue weighted by molar-refractivity contribution is 0.478. The Balaban J connectivity index is 2.29. The van der Waals surface area contributed by atoms with Crippen molar-refractivity contribution in [3.63, 3.8) is 0 Å². The van der Waals surface area contributed by atoms with E-state index in [9.17, 15) is 5.11 Å². The summed E-state index contributed by atoms with van der Waals surface area (Å²) in [6.45, 7) is 0. The highest BCUT2D eigenvalue weighted by atomic mass is 16.3. The second kappa shape index (κ2) is 3.77. The van der Waals surface area contributed by atoms with Crippen LogP contribution in [0.15, 0.2) is 42.6 Å². The predicted octanol–water partition coefficient (Wildman–Crippen LogP) is 2.53. The number of benzene rings is 2. The second-order valence-electron chi connectivity index (χ2n) is 4.28. The van der Waals surface area contributed by atoms with E-state index < -0.39 is 0 Å². The maximum absolute atomic E-state index is 10.1. The molecule has 1 heterocycles. The van der Waals surface area contributed by atoms with Crippen molar-refractivity contribution in [3.05, 3.63) is 42.6 Å². The number of hydrogen-bond acceptors (Lipinski definition) is 3. The molecule has 0 aliphatic rings. The third-order valence-electron chi connectivity index (χ3n) is 3.14. The third kappa shape index (κ3) is 1.50. The van der Waals surface area contributed by atoms with Crippen LogP contribution in [-0.2, 0) is 7.05 Å². The third-order valence-corrected chi connectivity index (χ3v) is 3.14. The summed E-state index contributed by atoms with van der Waals surface area (Å²) in [5.41, 5.74) is 7.40. The number of fused-ring (bicyclic) bond motifs is 1. The van der Waals surface area contributed by atoms with Gasteiger partial charge in [0.05, 0.1) is 6.20 Å². The summed E-state index contributed by atoms with van der Waals surface area (Å²) >= 11 is 0. The van der Waals surface area contributed by atoms with Crippen LogP contribution in [0.1, 0.15) is 0 Å². The zero-order valence-electron chi connectivity index (χ0n) is 9.96. The number of nitrogens with two attached hydrogens (primary N) is 1. The molecular formula is C14H13N3O. The van der Waals surface area contributed by atoms with Crippen molar-refractivity contribution in [2.45, 2.75) is 0 Å². The maximum atomic E-state index is 10.1. The van der Waals surface area contributed by atoms with Gasteiger partial charge in [0.2, 0.25) is 0 Å². The molecule has 0 amide bonds. The molecule has 1 aromatic heterocycles. The smallest absolute Gasteiger partial charge is 0.129 e. The van der Waals surface area contributed by atoms with Crippen LogP contribution in [0.2, 0.25) is 0 Å². The molecule has 0 saturated heterocycles. The Morgan fingerprint density at radius 1 is 1.11 bits per heavy atom. The highest BCUT2D eigenvalue weighted by Gasteiger charge is 2.12. The van der Waals surface area contributed by atoms with Crippen molar-refractivity contribution < 1.29 is 5.11 Å². The highest BCUT2D eigenvalue weighted by molar-refractivity contribution is 5.92. The van der Waals surface area contributed by atoms with Crippen LogP contribution in [0, 0.1) is 0 Å². The first-order chi connectivity index (χ1) is 8.66. The Kier molecular flexibility index (Phi) is 2.23. The second-order valence-corrected chi connectivity index (χ2v) is 4.28. The summed E-state index contributed by atoms with van der Waals surface area (Å²) in [4.78, 5) is 0. The number of phenolic OH excluding ortho intramolecular Hbond substituents is 1. The average molecular weight is 239 g/mol. The molecule has 0 radical (unpaired) electrons. The molecule has 0 saturated carbocycles. The van der Waals surface area contributed by atoms with Gasteiger partial charge in [0, 0.05) is 18.2 Å². The van der Waals surface area contributed by atoms with Gasteiger partial charge >= 0.3 is 0 Å². The minimum absolute atomic E-state index is 0.216. The van der Waals surface area contributed by atoms with E-state index in [1.54, 1.807) is 24.0 Å². The number of nitrogens with zero attached hydrogens (tertiary/aromatic N) is 2. The number of nitrogen functional groups attached to an aromatic ring is 1. The van der Waals surface area contributed by atoms with Crippen LogP contribution in [0.3, 0.4) is 0 Å². The first kappa shape index (κ1) is 10.7. The van der Waals surface area contributed by atoms with Gasteiger partial charge in [-0.25, -0.2) is 0 Å². The Labute approximate surface area is 104 Å². The quantitative estimate of drug-likeness (QED) is 0.685. The molecule has 0 fully saturated rings. The molecule has 4 nitrogen and oxygen atoms in total. The number of phenols is 1. The lowest BCUT2D eigenvalue weighted by Gasteiger charge is -2.06. The van der Waals surface area contributed by atoms with Crippen LogP contribution in [0.5, 0.6) is 5.75 Å². The zero-order chi connectivity index (χ0) is 12.7. The van der Waals surface area contributed by atoms with E-state index in [-0.39, 0.29) is 5.75 Å². The average Bonchev–Trinajstić information content (AvgIpc) is 2.69. The molecule has 2 aromatic carbocycles. The number of aryl methyl sites for hydroxylation is 1. The molecule has 0 bridgehead atoms. The van der Waals surface area contributed by atoms with E-state index in [1.807, 2.05) is 30.3 Å². The van der Waals surface area contributed by atoms with Crippen LogP contribution < -0.4 is 5.73 Å². The normalized spacial score (nSPS) is 10.9. The maximum Gasteiger partial charge on any atom is 0.129 e. The van der Waals surface area contributed by atoms with E-state index in [2.05, 4.69) is 5.10 Å². The number of aromatic nitrogens is 2. The van der Waals surface area contributed by atoms with Crippen molar-refractivity contribution >= 4 is 16.6 Å². The molecule has 90 valence electrons. The summed E-state index contributed by atoms with van der Waals surface area (Å²) < 4.78 is 1.59. The number of aromatic hydroxyl groups is 1. The summed E-state index contributed by atoms with van der Waals surface area (Å²) in [6.07, 6.45) is 1.67. The standard InChI is InChI=1S/C14H13N3O/c1-17-14(15)12(8-16-17)11-6-9-4-2-3-5-10(9)7-13(11)18/h2-8,18H,15H2,1H3. The topological polar surface area (TPSA) is 64.1 Å². The highest BCUT2D eigenvalue weighted by Crippen LogP contribution is 2.35. The first-order valence-corrected chi connectivity index (χ1v) is 5.66. The van der Waals surface area contributed by atoms with Gasteiger partial charge < -0.3 is 10.8 Å². The Bertz CT molecular complexity index is 731. The summed E-state index contributed by atoms with van der Waals surface area (Å²) in [5, 5.41) is 16.3.